The Morgan fingerprint density at radius 1 is 0.875 bits per heavy atom. The van der Waals surface area contributed by atoms with Gasteiger partial charge in [0.1, 0.15) is 0 Å². The van der Waals surface area contributed by atoms with Crippen LogP contribution in [0.4, 0.5) is 5.69 Å². The summed E-state index contributed by atoms with van der Waals surface area (Å²) in [6, 6.07) is 16.1. The first-order chi connectivity index (χ1) is 7.29. The van der Waals surface area contributed by atoms with E-state index >= 15 is 0 Å². The normalized spacial score (nSPS) is 9.25. The Kier molecular flexibility index (Phi) is 3.78. The van der Waals surface area contributed by atoms with Crippen molar-refractivity contribution in [3.8, 4) is 11.1 Å². The molecule has 3 nitrogen and oxygen atoms in total. The smallest absolute Gasteiger partial charge is 0.258 e. The van der Waals surface area contributed by atoms with Gasteiger partial charge in [-0.25, -0.2) is 0 Å². The summed E-state index contributed by atoms with van der Waals surface area (Å²) >= 11 is 0. The average Bonchev–Trinajstić information content (AvgIpc) is 2.30. The molecule has 16 heavy (non-hydrogen) atoms. The molecule has 3 heteroatoms. The number of benzene rings is 2. The quantitative estimate of drug-likeness (QED) is 0.563. The maximum Gasteiger partial charge on any atom is 0.277 e. The van der Waals surface area contributed by atoms with Gasteiger partial charge in [0.15, 0.2) is 0 Å². The van der Waals surface area contributed by atoms with Crippen molar-refractivity contribution in [2.75, 3.05) is 0 Å². The van der Waals surface area contributed by atoms with Gasteiger partial charge in [0, 0.05) is 6.07 Å². The van der Waals surface area contributed by atoms with Crippen LogP contribution in [0.5, 0.6) is 0 Å². The van der Waals surface area contributed by atoms with Gasteiger partial charge in [0.2, 0.25) is 0 Å². The Balaban J connectivity index is 0.00000128. The highest BCUT2D eigenvalue weighted by atomic mass is 16.6. The summed E-state index contributed by atoms with van der Waals surface area (Å²) in [4.78, 5) is 10.4. The number of nitro benzene ring substituents is 1. The Morgan fingerprint density at radius 2 is 1.44 bits per heavy atom. The van der Waals surface area contributed by atoms with E-state index in [9.17, 15) is 10.1 Å². The van der Waals surface area contributed by atoms with Crippen LogP contribution in [0.3, 0.4) is 0 Å². The van der Waals surface area contributed by atoms with Crippen LogP contribution in [0.25, 0.3) is 11.1 Å². The van der Waals surface area contributed by atoms with Gasteiger partial charge in [0.25, 0.3) is 5.69 Å². The molecule has 82 valence electrons. The number of nitro groups is 1. The highest BCUT2D eigenvalue weighted by Gasteiger charge is 2.12. The van der Waals surface area contributed by atoms with Crippen LogP contribution >= 0.6 is 0 Å². The number of rotatable bonds is 2. The molecule has 0 radical (unpaired) electrons. The molecule has 0 spiro atoms. The van der Waals surface area contributed by atoms with Crippen LogP contribution in [-0.4, -0.2) is 4.92 Å². The monoisotopic (exact) mass is 215 g/mol. The van der Waals surface area contributed by atoms with Crippen LogP contribution in [-0.2, 0) is 0 Å². The van der Waals surface area contributed by atoms with Crippen LogP contribution < -0.4 is 0 Å². The van der Waals surface area contributed by atoms with Gasteiger partial charge in [-0.2, -0.15) is 0 Å². The fourth-order valence-electron chi connectivity index (χ4n) is 1.49. The summed E-state index contributed by atoms with van der Waals surface area (Å²) in [5.74, 6) is 0. The molecule has 0 amide bonds. The topological polar surface area (TPSA) is 43.1 Å². The fraction of sp³-hybridized carbons (Fsp3) is 0.0769. The third-order valence-electron chi connectivity index (χ3n) is 2.19. The summed E-state index contributed by atoms with van der Waals surface area (Å²) in [6.07, 6.45) is 0. The number of para-hydroxylation sites is 1. The van der Waals surface area contributed by atoms with Gasteiger partial charge in [0.05, 0.1) is 10.5 Å². The third kappa shape index (κ3) is 2.25. The predicted octanol–water partition coefficient (Wildman–Crippen LogP) is 3.90. The summed E-state index contributed by atoms with van der Waals surface area (Å²) in [5, 5.41) is 10.8. The zero-order chi connectivity index (χ0) is 10.7. The highest BCUT2D eigenvalue weighted by molar-refractivity contribution is 5.73. The van der Waals surface area contributed by atoms with E-state index in [2.05, 4.69) is 0 Å². The van der Waals surface area contributed by atoms with Gasteiger partial charge in [-0.1, -0.05) is 49.9 Å². The van der Waals surface area contributed by atoms with E-state index in [0.717, 1.165) is 5.56 Å². The van der Waals surface area contributed by atoms with Gasteiger partial charge in [-0.15, -0.1) is 0 Å². The van der Waals surface area contributed by atoms with Crippen molar-refractivity contribution in [2.24, 2.45) is 0 Å². The van der Waals surface area contributed by atoms with Gasteiger partial charge in [-0.3, -0.25) is 10.1 Å². The van der Waals surface area contributed by atoms with Gasteiger partial charge >= 0.3 is 0 Å². The standard InChI is InChI=1S/C12H9NO2.CH4/c14-13(15)12-9-5-4-8-11(12)10-6-2-1-3-7-10;/h1-9H;1H4. The first kappa shape index (κ1) is 11.9. The number of nitrogens with zero attached hydrogens (tertiary/aromatic N) is 1. The zero-order valence-corrected chi connectivity index (χ0v) is 7.96. The van der Waals surface area contributed by atoms with Crippen molar-refractivity contribution in [2.45, 2.75) is 7.43 Å². The summed E-state index contributed by atoms with van der Waals surface area (Å²) in [6.45, 7) is 0. The maximum atomic E-state index is 10.8. The zero-order valence-electron chi connectivity index (χ0n) is 7.96. The average molecular weight is 215 g/mol. The van der Waals surface area contributed by atoms with Crippen molar-refractivity contribution >= 4 is 5.69 Å². The maximum absolute atomic E-state index is 10.8. The van der Waals surface area contributed by atoms with Crippen LogP contribution in [0.2, 0.25) is 0 Å². The second kappa shape index (κ2) is 5.07. The predicted molar refractivity (Wildman–Crippen MR) is 65.3 cm³/mol. The molecular formula is C13H13NO2. The van der Waals surface area contributed by atoms with Gasteiger partial charge in [-0.05, 0) is 11.6 Å². The first-order valence-corrected chi connectivity index (χ1v) is 4.58. The van der Waals surface area contributed by atoms with E-state index in [-0.39, 0.29) is 18.0 Å². The molecule has 0 aliphatic rings. The molecule has 0 N–H and O–H groups in total. The molecule has 0 heterocycles. The molecular weight excluding hydrogens is 202 g/mol. The number of hydrogen-bond donors (Lipinski definition) is 0. The summed E-state index contributed by atoms with van der Waals surface area (Å²) < 4.78 is 0. The molecule has 0 atom stereocenters. The second-order valence-electron chi connectivity index (χ2n) is 3.14. The lowest BCUT2D eigenvalue weighted by molar-refractivity contribution is -0.384. The van der Waals surface area contributed by atoms with Crippen molar-refractivity contribution in [3.05, 3.63) is 64.7 Å². The Hall–Kier alpha value is -2.16. The molecule has 0 saturated heterocycles. The fourth-order valence-corrected chi connectivity index (χ4v) is 1.49. The van der Waals surface area contributed by atoms with E-state index in [1.54, 1.807) is 18.2 Å². The largest absolute Gasteiger partial charge is 0.277 e. The van der Waals surface area contributed by atoms with Crippen LogP contribution in [0.1, 0.15) is 7.43 Å². The Labute approximate surface area is 94.5 Å². The first-order valence-electron chi connectivity index (χ1n) is 4.58. The molecule has 0 aliphatic heterocycles. The minimum Gasteiger partial charge on any atom is -0.258 e. The number of hydrogen-bond acceptors (Lipinski definition) is 2. The lowest BCUT2D eigenvalue weighted by atomic mass is 10.0. The molecule has 0 fully saturated rings. The SMILES string of the molecule is C.O=[N+]([O-])c1ccccc1-c1ccccc1. The summed E-state index contributed by atoms with van der Waals surface area (Å²) in [5.41, 5.74) is 1.66. The van der Waals surface area contributed by atoms with Crippen molar-refractivity contribution < 1.29 is 4.92 Å². The van der Waals surface area contributed by atoms with E-state index in [1.165, 1.54) is 6.07 Å². The molecule has 2 aromatic rings. The molecule has 0 bridgehead atoms. The summed E-state index contributed by atoms with van der Waals surface area (Å²) in [7, 11) is 0. The molecule has 0 unspecified atom stereocenters. The minimum atomic E-state index is -0.359. The third-order valence-corrected chi connectivity index (χ3v) is 2.19. The van der Waals surface area contributed by atoms with Crippen molar-refractivity contribution in [1.29, 1.82) is 0 Å². The molecule has 0 aromatic heterocycles. The molecule has 2 rings (SSSR count). The second-order valence-corrected chi connectivity index (χ2v) is 3.14. The Bertz CT molecular complexity index is 480. The lowest BCUT2D eigenvalue weighted by Crippen LogP contribution is -1.90. The molecule has 0 aliphatic carbocycles. The highest BCUT2D eigenvalue weighted by Crippen LogP contribution is 2.28. The molecule has 2 aromatic carbocycles. The minimum absolute atomic E-state index is 0. The van der Waals surface area contributed by atoms with Crippen molar-refractivity contribution in [1.82, 2.24) is 0 Å². The van der Waals surface area contributed by atoms with E-state index < -0.39 is 0 Å². The van der Waals surface area contributed by atoms with Crippen molar-refractivity contribution in [3.63, 3.8) is 0 Å². The van der Waals surface area contributed by atoms with Gasteiger partial charge < -0.3 is 0 Å². The van der Waals surface area contributed by atoms with E-state index in [1.807, 2.05) is 30.3 Å². The van der Waals surface area contributed by atoms with E-state index in [0.29, 0.717) is 5.56 Å². The molecule has 0 saturated carbocycles. The lowest BCUT2D eigenvalue weighted by Gasteiger charge is -2.01. The van der Waals surface area contributed by atoms with Crippen LogP contribution in [0, 0.1) is 10.1 Å². The Morgan fingerprint density at radius 3 is 2.06 bits per heavy atom. The van der Waals surface area contributed by atoms with Crippen LogP contribution in [0.15, 0.2) is 54.6 Å². The van der Waals surface area contributed by atoms with E-state index in [4.69, 9.17) is 0 Å².